The van der Waals surface area contributed by atoms with E-state index in [1.54, 1.807) is 0 Å². The Bertz CT molecular complexity index is 603. The first-order valence-electron chi connectivity index (χ1n) is 10.1. The van der Waals surface area contributed by atoms with E-state index in [-0.39, 0.29) is 0 Å². The van der Waals surface area contributed by atoms with Crippen molar-refractivity contribution in [3.05, 3.63) is 29.8 Å². The van der Waals surface area contributed by atoms with Gasteiger partial charge in [-0.05, 0) is 38.0 Å². The summed E-state index contributed by atoms with van der Waals surface area (Å²) >= 11 is 0. The fourth-order valence-electron chi connectivity index (χ4n) is 3.52. The van der Waals surface area contributed by atoms with Gasteiger partial charge in [0.05, 0.1) is 19.8 Å². The van der Waals surface area contributed by atoms with Crippen molar-refractivity contribution in [2.24, 2.45) is 0 Å². The maximum Gasteiger partial charge on any atom is 0.190 e. The lowest BCUT2D eigenvalue weighted by atomic mass is 10.1. The van der Waals surface area contributed by atoms with E-state index < -0.39 is 43.1 Å². The molecule has 2 saturated heterocycles. The van der Waals surface area contributed by atoms with Crippen molar-refractivity contribution in [3.8, 4) is 5.75 Å². The lowest BCUT2D eigenvalue weighted by Crippen LogP contribution is -2.44. The van der Waals surface area contributed by atoms with E-state index in [0.717, 1.165) is 24.3 Å². The second-order valence-corrected chi connectivity index (χ2v) is 7.79. The van der Waals surface area contributed by atoms with Crippen molar-refractivity contribution in [1.82, 2.24) is 0 Å². The molecule has 2 fully saturated rings. The lowest BCUT2D eigenvalue weighted by Gasteiger charge is -2.28. The van der Waals surface area contributed by atoms with Gasteiger partial charge in [-0.1, -0.05) is 31.9 Å². The molecule has 158 valence electrons. The summed E-state index contributed by atoms with van der Waals surface area (Å²) in [6, 6.07) is 7.76. The van der Waals surface area contributed by atoms with E-state index in [1.165, 1.54) is 12.8 Å². The van der Waals surface area contributed by atoms with Crippen LogP contribution >= 0.6 is 0 Å². The number of aliphatic hydroxyl groups is 2. The fourth-order valence-corrected chi connectivity index (χ4v) is 3.52. The molecule has 0 amide bonds. The molecule has 2 heterocycles. The van der Waals surface area contributed by atoms with Crippen LogP contribution < -0.4 is 4.74 Å². The van der Waals surface area contributed by atoms with E-state index in [1.807, 2.05) is 38.1 Å². The van der Waals surface area contributed by atoms with Gasteiger partial charge in [-0.3, -0.25) is 0 Å². The van der Waals surface area contributed by atoms with Crippen LogP contribution in [0.2, 0.25) is 0 Å². The van der Waals surface area contributed by atoms with Gasteiger partial charge in [-0.25, -0.2) is 0 Å². The Kier molecular flexibility index (Phi) is 7.31. The van der Waals surface area contributed by atoms with Crippen LogP contribution in [0.5, 0.6) is 5.75 Å². The van der Waals surface area contributed by atoms with Crippen LogP contribution in [-0.4, -0.2) is 59.9 Å². The highest BCUT2D eigenvalue weighted by atomic mass is 16.8. The van der Waals surface area contributed by atoms with Crippen LogP contribution in [0, 0.1) is 0 Å². The van der Waals surface area contributed by atoms with Gasteiger partial charge in [0.25, 0.3) is 0 Å². The normalized spacial score (nSPS) is 29.6. The quantitative estimate of drug-likeness (QED) is 0.587. The van der Waals surface area contributed by atoms with Gasteiger partial charge in [0.15, 0.2) is 12.1 Å². The van der Waals surface area contributed by atoms with Gasteiger partial charge in [-0.2, -0.15) is 0 Å². The molecule has 2 N–H and O–H groups in total. The standard InChI is InChI=1S/C21H32O7/c1-4-5-6-11-24-15-9-7-14(8-10-15)13-25-18-17(16(23)12-22)26-20-19(18)27-21(2,3)28-20/h7-10,16-20,22-23H,4-6,11-13H2,1-3H3/t16-,17-,18-,19-,20+/m1/s1. The van der Waals surface area contributed by atoms with Crippen molar-refractivity contribution in [2.45, 2.75) is 83.1 Å². The summed E-state index contributed by atoms with van der Waals surface area (Å²) in [4.78, 5) is 0. The highest BCUT2D eigenvalue weighted by Gasteiger charge is 2.56. The van der Waals surface area contributed by atoms with Crippen molar-refractivity contribution < 1.29 is 33.9 Å². The van der Waals surface area contributed by atoms with Crippen LogP contribution in [0.15, 0.2) is 24.3 Å². The Morgan fingerprint density at radius 2 is 1.89 bits per heavy atom. The van der Waals surface area contributed by atoms with Crippen LogP contribution in [0.4, 0.5) is 0 Å². The minimum Gasteiger partial charge on any atom is -0.494 e. The van der Waals surface area contributed by atoms with Gasteiger partial charge < -0.3 is 33.9 Å². The second-order valence-electron chi connectivity index (χ2n) is 7.79. The number of benzene rings is 1. The van der Waals surface area contributed by atoms with E-state index in [9.17, 15) is 10.2 Å². The summed E-state index contributed by atoms with van der Waals surface area (Å²) in [5.74, 6) is 0.0648. The van der Waals surface area contributed by atoms with Gasteiger partial charge in [0.2, 0.25) is 0 Å². The number of fused-ring (bicyclic) bond motifs is 1. The predicted molar refractivity (Wildman–Crippen MR) is 102 cm³/mol. The third-order valence-corrected chi connectivity index (χ3v) is 4.98. The molecule has 0 aliphatic carbocycles. The first-order valence-corrected chi connectivity index (χ1v) is 10.1. The number of hydrogen-bond acceptors (Lipinski definition) is 7. The van der Waals surface area contributed by atoms with Gasteiger partial charge in [0.1, 0.15) is 30.2 Å². The molecule has 0 bridgehead atoms. The SMILES string of the molecule is CCCCCOc1ccc(CO[C@H]2[C@H]3OC(C)(C)O[C@@H]3O[C@@H]2[C@H](O)CO)cc1. The van der Waals surface area contributed by atoms with Crippen molar-refractivity contribution >= 4 is 0 Å². The maximum atomic E-state index is 10.1. The van der Waals surface area contributed by atoms with Gasteiger partial charge in [0, 0.05) is 0 Å². The zero-order valence-electron chi connectivity index (χ0n) is 16.9. The van der Waals surface area contributed by atoms with E-state index in [4.69, 9.17) is 23.7 Å². The second kappa shape index (κ2) is 9.52. The molecule has 3 rings (SSSR count). The molecule has 7 nitrogen and oxygen atoms in total. The molecule has 0 radical (unpaired) electrons. The minimum atomic E-state index is -1.06. The molecule has 28 heavy (non-hydrogen) atoms. The number of aliphatic hydroxyl groups excluding tert-OH is 2. The van der Waals surface area contributed by atoms with Crippen molar-refractivity contribution in [1.29, 1.82) is 0 Å². The highest BCUT2D eigenvalue weighted by Crippen LogP contribution is 2.39. The number of ether oxygens (including phenoxy) is 5. The monoisotopic (exact) mass is 396 g/mol. The largest absolute Gasteiger partial charge is 0.494 e. The van der Waals surface area contributed by atoms with Crippen molar-refractivity contribution in [2.75, 3.05) is 13.2 Å². The number of hydrogen-bond donors (Lipinski definition) is 2. The predicted octanol–water partition coefficient (Wildman–Crippen LogP) is 2.37. The molecule has 2 aliphatic heterocycles. The van der Waals surface area contributed by atoms with Gasteiger partial charge in [-0.15, -0.1) is 0 Å². The molecule has 0 unspecified atom stereocenters. The van der Waals surface area contributed by atoms with E-state index >= 15 is 0 Å². The molecular weight excluding hydrogens is 364 g/mol. The summed E-state index contributed by atoms with van der Waals surface area (Å²) in [7, 11) is 0. The van der Waals surface area contributed by atoms with E-state index in [0.29, 0.717) is 6.61 Å². The van der Waals surface area contributed by atoms with Crippen molar-refractivity contribution in [3.63, 3.8) is 0 Å². The Labute approximate surface area is 166 Å². The van der Waals surface area contributed by atoms with Crippen LogP contribution in [0.1, 0.15) is 45.6 Å². The zero-order valence-corrected chi connectivity index (χ0v) is 16.9. The van der Waals surface area contributed by atoms with Gasteiger partial charge >= 0.3 is 0 Å². The Hall–Kier alpha value is -1.22. The number of rotatable bonds is 10. The lowest BCUT2D eigenvalue weighted by molar-refractivity contribution is -0.232. The van der Waals surface area contributed by atoms with Crippen LogP contribution in [-0.2, 0) is 25.6 Å². The average Bonchev–Trinajstić information content (AvgIpc) is 3.15. The Balaban J connectivity index is 1.56. The summed E-state index contributed by atoms with van der Waals surface area (Å²) in [6.45, 7) is 6.41. The van der Waals surface area contributed by atoms with Crippen LogP contribution in [0.3, 0.4) is 0 Å². The summed E-state index contributed by atoms with van der Waals surface area (Å²) in [6.07, 6.45) is -0.00224. The first-order chi connectivity index (χ1) is 13.4. The fraction of sp³-hybridized carbons (Fsp3) is 0.714. The molecule has 0 aromatic heterocycles. The number of unbranched alkanes of at least 4 members (excludes halogenated alkanes) is 2. The summed E-state index contributed by atoms with van der Waals surface area (Å²) < 4.78 is 29.1. The molecule has 1 aromatic rings. The van der Waals surface area contributed by atoms with E-state index in [2.05, 4.69) is 6.92 Å². The smallest absolute Gasteiger partial charge is 0.190 e. The molecule has 0 spiro atoms. The summed E-state index contributed by atoms with van der Waals surface area (Å²) in [5.41, 5.74) is 0.972. The summed E-state index contributed by atoms with van der Waals surface area (Å²) in [5, 5.41) is 19.4. The zero-order chi connectivity index (χ0) is 20.1. The molecule has 2 aliphatic rings. The molecule has 5 atom stereocenters. The molecule has 7 heteroatoms. The Morgan fingerprint density at radius 3 is 2.57 bits per heavy atom. The van der Waals surface area contributed by atoms with Crippen LogP contribution in [0.25, 0.3) is 0 Å². The Morgan fingerprint density at radius 1 is 1.14 bits per heavy atom. The molecule has 0 saturated carbocycles. The average molecular weight is 396 g/mol. The topological polar surface area (TPSA) is 86.6 Å². The third-order valence-electron chi connectivity index (χ3n) is 4.98. The minimum absolute atomic E-state index is 0.325. The molecular formula is C21H32O7. The first kappa shape index (κ1) is 21.5. The third kappa shape index (κ3) is 5.23. The highest BCUT2D eigenvalue weighted by molar-refractivity contribution is 5.26. The maximum absolute atomic E-state index is 10.1. The molecule has 1 aromatic carbocycles.